The van der Waals surface area contributed by atoms with E-state index in [-0.39, 0.29) is 12.3 Å². The first kappa shape index (κ1) is 29.5. The van der Waals surface area contributed by atoms with Gasteiger partial charge in [-0.3, -0.25) is 19.3 Å². The van der Waals surface area contributed by atoms with Crippen molar-refractivity contribution in [3.8, 4) is 12.5 Å². The summed E-state index contributed by atoms with van der Waals surface area (Å²) in [5.74, 6) is -1.94. The highest BCUT2D eigenvalue weighted by molar-refractivity contribution is 5.94. The summed E-state index contributed by atoms with van der Waals surface area (Å²) in [6.07, 6.45) is 5.23. The number of nitrogens with zero attached hydrogens (tertiary/aromatic N) is 1. The molecule has 0 saturated carbocycles. The van der Waals surface area contributed by atoms with Gasteiger partial charge >= 0.3 is 12.1 Å². The molecule has 0 spiro atoms. The number of terminal acetylenes is 1. The number of esters is 1. The predicted molar refractivity (Wildman–Crippen MR) is 132 cm³/mol. The third-order valence-electron chi connectivity index (χ3n) is 5.06. The SMILES string of the molecule is C#CN(C(=O)C(CC(C)C)NC(=O)OC(C)(C)C)C(C(=O)NCC(=O)OC)c1ccc(C)c(C)c1. The Labute approximate surface area is 207 Å². The van der Waals surface area contributed by atoms with Crippen LogP contribution in [-0.2, 0) is 23.9 Å². The molecule has 2 N–H and O–H groups in total. The number of carbonyl (C=O) groups excluding carboxylic acids is 4. The Balaban J connectivity index is 3.41. The lowest BCUT2D eigenvalue weighted by molar-refractivity contribution is -0.143. The topological polar surface area (TPSA) is 114 Å². The summed E-state index contributed by atoms with van der Waals surface area (Å²) in [6.45, 7) is 12.3. The Hall–Kier alpha value is -3.54. The van der Waals surface area contributed by atoms with Crippen molar-refractivity contribution in [1.29, 1.82) is 0 Å². The van der Waals surface area contributed by atoms with Crippen LogP contribution in [0.1, 0.15) is 63.8 Å². The van der Waals surface area contributed by atoms with Crippen molar-refractivity contribution in [2.24, 2.45) is 5.92 Å². The Kier molecular flexibility index (Phi) is 10.8. The quantitative estimate of drug-likeness (QED) is 0.314. The lowest BCUT2D eigenvalue weighted by atomic mass is 9.97. The predicted octanol–water partition coefficient (Wildman–Crippen LogP) is 2.99. The summed E-state index contributed by atoms with van der Waals surface area (Å²) in [4.78, 5) is 51.8. The van der Waals surface area contributed by atoms with Gasteiger partial charge in [-0.25, -0.2) is 4.79 Å². The van der Waals surface area contributed by atoms with Crippen LogP contribution in [0.5, 0.6) is 0 Å². The van der Waals surface area contributed by atoms with E-state index in [2.05, 4.69) is 21.4 Å². The molecule has 0 heterocycles. The van der Waals surface area contributed by atoms with Gasteiger partial charge in [-0.15, -0.1) is 0 Å². The molecule has 1 aromatic rings. The molecule has 2 atom stereocenters. The van der Waals surface area contributed by atoms with E-state index in [1.54, 1.807) is 32.9 Å². The normalized spacial score (nSPS) is 12.7. The zero-order valence-electron chi connectivity index (χ0n) is 21.9. The number of hydrogen-bond donors (Lipinski definition) is 2. The summed E-state index contributed by atoms with van der Waals surface area (Å²) in [5.41, 5.74) is 1.58. The van der Waals surface area contributed by atoms with Gasteiger partial charge in [0.05, 0.1) is 7.11 Å². The summed E-state index contributed by atoms with van der Waals surface area (Å²) >= 11 is 0. The fourth-order valence-electron chi connectivity index (χ4n) is 3.26. The van der Waals surface area contributed by atoms with Gasteiger partial charge in [-0.2, -0.15) is 0 Å². The van der Waals surface area contributed by atoms with Crippen LogP contribution in [0.25, 0.3) is 0 Å². The molecule has 0 aliphatic heterocycles. The number of benzene rings is 1. The highest BCUT2D eigenvalue weighted by atomic mass is 16.6. The molecular weight excluding hydrogens is 450 g/mol. The van der Waals surface area contributed by atoms with Crippen molar-refractivity contribution >= 4 is 23.9 Å². The summed E-state index contributed by atoms with van der Waals surface area (Å²) in [7, 11) is 1.20. The minimum absolute atomic E-state index is 0.0201. The largest absolute Gasteiger partial charge is 0.468 e. The average Bonchev–Trinajstić information content (AvgIpc) is 2.74. The van der Waals surface area contributed by atoms with E-state index in [1.165, 1.54) is 7.11 Å². The van der Waals surface area contributed by atoms with E-state index in [1.807, 2.05) is 33.8 Å². The highest BCUT2D eigenvalue weighted by Crippen LogP contribution is 2.25. The number of amides is 3. The van der Waals surface area contributed by atoms with Crippen LogP contribution in [0.15, 0.2) is 18.2 Å². The Morgan fingerprint density at radius 2 is 1.74 bits per heavy atom. The molecule has 1 aromatic carbocycles. The zero-order valence-corrected chi connectivity index (χ0v) is 21.9. The van der Waals surface area contributed by atoms with Crippen molar-refractivity contribution in [1.82, 2.24) is 15.5 Å². The molecule has 9 heteroatoms. The number of ether oxygens (including phenoxy) is 2. The van der Waals surface area contributed by atoms with Crippen molar-refractivity contribution in [2.45, 2.75) is 72.6 Å². The van der Waals surface area contributed by atoms with Gasteiger partial charge in [-0.1, -0.05) is 38.5 Å². The molecule has 0 aromatic heterocycles. The van der Waals surface area contributed by atoms with Crippen LogP contribution in [0.4, 0.5) is 4.79 Å². The van der Waals surface area contributed by atoms with E-state index in [0.29, 0.717) is 5.56 Å². The molecule has 9 nitrogen and oxygen atoms in total. The van der Waals surface area contributed by atoms with Gasteiger partial charge in [0.1, 0.15) is 24.2 Å². The third-order valence-corrected chi connectivity index (χ3v) is 5.06. The van der Waals surface area contributed by atoms with Gasteiger partial charge in [-0.05, 0) is 63.6 Å². The molecule has 0 bridgehead atoms. The number of rotatable bonds is 9. The Morgan fingerprint density at radius 1 is 1.11 bits per heavy atom. The first-order valence-electron chi connectivity index (χ1n) is 11.4. The number of aryl methyl sites for hydroxylation is 2. The van der Waals surface area contributed by atoms with Crippen LogP contribution in [0.3, 0.4) is 0 Å². The summed E-state index contributed by atoms with van der Waals surface area (Å²) in [5, 5.41) is 5.06. The summed E-state index contributed by atoms with van der Waals surface area (Å²) < 4.78 is 9.89. The number of methoxy groups -OCH3 is 1. The number of hydrogen-bond acceptors (Lipinski definition) is 6. The smallest absolute Gasteiger partial charge is 0.408 e. The lowest BCUT2D eigenvalue weighted by Crippen LogP contribution is -2.52. The minimum Gasteiger partial charge on any atom is -0.468 e. The van der Waals surface area contributed by atoms with Gasteiger partial charge in [0.25, 0.3) is 5.91 Å². The first-order valence-corrected chi connectivity index (χ1v) is 11.4. The maximum atomic E-state index is 13.6. The second kappa shape index (κ2) is 12.8. The highest BCUT2D eigenvalue weighted by Gasteiger charge is 2.36. The van der Waals surface area contributed by atoms with Crippen LogP contribution >= 0.6 is 0 Å². The molecule has 3 amide bonds. The van der Waals surface area contributed by atoms with Crippen molar-refractivity contribution < 1.29 is 28.7 Å². The second-order valence-electron chi connectivity index (χ2n) is 9.71. The molecule has 0 radical (unpaired) electrons. The van der Waals surface area contributed by atoms with Crippen LogP contribution in [0, 0.1) is 32.2 Å². The van der Waals surface area contributed by atoms with E-state index in [0.717, 1.165) is 16.0 Å². The summed E-state index contributed by atoms with van der Waals surface area (Å²) in [6, 6.07) is 5.29. The first-order chi connectivity index (χ1) is 16.2. The average molecular weight is 488 g/mol. The molecular formula is C26H37N3O6. The van der Waals surface area contributed by atoms with Crippen LogP contribution in [-0.4, -0.2) is 54.1 Å². The number of carbonyl (C=O) groups is 4. The number of alkyl carbamates (subject to hydrolysis) is 1. The zero-order chi connectivity index (χ0) is 26.9. The van der Waals surface area contributed by atoms with Crippen molar-refractivity contribution in [3.63, 3.8) is 0 Å². The maximum Gasteiger partial charge on any atom is 0.408 e. The van der Waals surface area contributed by atoms with Gasteiger partial charge in [0, 0.05) is 6.04 Å². The fraction of sp³-hybridized carbons (Fsp3) is 0.538. The molecule has 0 saturated heterocycles. The van der Waals surface area contributed by atoms with Crippen molar-refractivity contribution in [3.05, 3.63) is 34.9 Å². The standard InChI is InChI=1S/C26H37N3O6/c1-10-29(24(32)20(13-16(2)3)28-25(33)35-26(6,7)8)22(23(31)27-15-21(30)34-9)19-12-11-17(4)18(5)14-19/h1,11-12,14,16,20,22H,13,15H2,2-9H3,(H,27,31)(H,28,33). The fourth-order valence-corrected chi connectivity index (χ4v) is 3.26. The molecule has 2 unspecified atom stereocenters. The van der Waals surface area contributed by atoms with E-state index in [9.17, 15) is 19.2 Å². The molecule has 1 rings (SSSR count). The maximum absolute atomic E-state index is 13.6. The monoisotopic (exact) mass is 487 g/mol. The number of nitrogens with one attached hydrogen (secondary N) is 2. The molecule has 0 fully saturated rings. The molecule has 35 heavy (non-hydrogen) atoms. The molecule has 0 aliphatic carbocycles. The van der Waals surface area contributed by atoms with E-state index in [4.69, 9.17) is 11.2 Å². The third kappa shape index (κ3) is 9.32. The van der Waals surface area contributed by atoms with E-state index < -0.39 is 48.1 Å². The van der Waals surface area contributed by atoms with Crippen LogP contribution in [0.2, 0.25) is 0 Å². The van der Waals surface area contributed by atoms with Gasteiger partial charge in [0.2, 0.25) is 5.91 Å². The minimum atomic E-state index is -1.24. The molecule has 192 valence electrons. The Morgan fingerprint density at radius 3 is 2.23 bits per heavy atom. The van der Waals surface area contributed by atoms with Crippen LogP contribution < -0.4 is 10.6 Å². The lowest BCUT2D eigenvalue weighted by Gasteiger charge is -2.31. The second-order valence-corrected chi connectivity index (χ2v) is 9.71. The van der Waals surface area contributed by atoms with Gasteiger partial charge in [0.15, 0.2) is 0 Å². The van der Waals surface area contributed by atoms with Gasteiger partial charge < -0.3 is 20.1 Å². The Bertz CT molecular complexity index is 974. The van der Waals surface area contributed by atoms with Crippen molar-refractivity contribution in [2.75, 3.05) is 13.7 Å². The molecule has 0 aliphatic rings. The van der Waals surface area contributed by atoms with E-state index >= 15 is 0 Å².